The first-order valence-electron chi connectivity index (χ1n) is 4.52. The van der Waals surface area contributed by atoms with Crippen molar-refractivity contribution in [3.63, 3.8) is 0 Å². The van der Waals surface area contributed by atoms with E-state index in [2.05, 4.69) is 13.8 Å². The van der Waals surface area contributed by atoms with Crippen molar-refractivity contribution < 1.29 is 17.9 Å². The molecule has 0 radical (unpaired) electrons. The fourth-order valence-electron chi connectivity index (χ4n) is 1.11. The molecule has 15 heavy (non-hydrogen) atoms. The van der Waals surface area contributed by atoms with Gasteiger partial charge in [-0.15, -0.1) is 11.8 Å². The number of halogens is 3. The first-order chi connectivity index (χ1) is 6.58. The van der Waals surface area contributed by atoms with E-state index >= 15 is 0 Å². The molecule has 0 saturated heterocycles. The van der Waals surface area contributed by atoms with Gasteiger partial charge >= 0.3 is 7.27 Å². The van der Waals surface area contributed by atoms with E-state index in [1.54, 1.807) is 30.2 Å². The lowest BCUT2D eigenvalue weighted by atomic mass is 10.00. The van der Waals surface area contributed by atoms with Gasteiger partial charge in [0, 0.05) is 11.3 Å². The van der Waals surface area contributed by atoms with Gasteiger partial charge in [-0.3, -0.25) is 8.63 Å². The van der Waals surface area contributed by atoms with Crippen molar-refractivity contribution >= 4 is 19.0 Å². The highest BCUT2D eigenvalue weighted by Gasteiger charge is 2.19. The molecule has 84 valence electrons. The fraction of sp³-hybridized carbons (Fsp3) is 0.444. The number of rotatable bonds is 4. The van der Waals surface area contributed by atoms with Crippen molar-refractivity contribution in [2.45, 2.75) is 30.4 Å². The predicted molar refractivity (Wildman–Crippen MR) is 55.6 cm³/mol. The fourth-order valence-corrected chi connectivity index (χ4v) is 2.01. The molecule has 1 aromatic rings. The molecule has 0 amide bonds. The van der Waals surface area contributed by atoms with E-state index in [9.17, 15) is 8.63 Å². The lowest BCUT2D eigenvalue weighted by Crippen LogP contribution is -3.00. The molecule has 1 rings (SSSR count). The number of pyridine rings is 1. The smallest absolute Gasteiger partial charge is 0.604 e. The van der Waals surface area contributed by atoms with E-state index in [1.165, 1.54) is 4.57 Å². The number of hydrogen-bond donors (Lipinski definition) is 0. The number of aromatic nitrogens is 1. The zero-order chi connectivity index (χ0) is 10.6. The van der Waals surface area contributed by atoms with Crippen LogP contribution in [0.1, 0.15) is 13.8 Å². The molecular weight excluding hydrogens is 222 g/mol. The predicted octanol–water partition coefficient (Wildman–Crippen LogP) is -0.555. The van der Waals surface area contributed by atoms with Gasteiger partial charge in [0.25, 0.3) is 0 Å². The monoisotopic (exact) mass is 235 g/mol. The molecule has 0 fully saturated rings. The molecule has 1 aromatic heterocycles. The van der Waals surface area contributed by atoms with Crippen LogP contribution in [-0.2, 0) is 6.44 Å². The Balaban J connectivity index is 0.00000196. The third-order valence-electron chi connectivity index (χ3n) is 1.55. The molecule has 0 atom stereocenters. The van der Waals surface area contributed by atoms with Crippen molar-refractivity contribution in [3.8, 4) is 0 Å². The molecule has 0 aliphatic rings. The topological polar surface area (TPSA) is 3.88 Å². The van der Waals surface area contributed by atoms with Crippen LogP contribution in [0.2, 0.25) is 0 Å². The van der Waals surface area contributed by atoms with Crippen LogP contribution in [0.4, 0.5) is 8.63 Å². The summed E-state index contributed by atoms with van der Waals surface area (Å²) < 4.78 is 25.7. The molecule has 1 nitrogen and oxygen atoms in total. The molecule has 0 aromatic carbocycles. The first-order valence-corrected chi connectivity index (χ1v) is 5.40. The van der Waals surface area contributed by atoms with Gasteiger partial charge in [-0.2, -0.15) is 0 Å². The molecule has 0 saturated carbocycles. The minimum absolute atomic E-state index is 0. The molecule has 0 aliphatic heterocycles. The maximum atomic E-state index is 12.1. The van der Waals surface area contributed by atoms with Crippen LogP contribution >= 0.6 is 11.8 Å². The van der Waals surface area contributed by atoms with Gasteiger partial charge in [-0.1, -0.05) is 13.8 Å². The zero-order valence-electron chi connectivity index (χ0n) is 8.66. The van der Waals surface area contributed by atoms with Crippen LogP contribution in [0, 0.1) is 0 Å². The summed E-state index contributed by atoms with van der Waals surface area (Å²) in [7, 11) is -2.29. The third kappa shape index (κ3) is 5.72. The average molecular weight is 235 g/mol. The van der Waals surface area contributed by atoms with Gasteiger partial charge in [0.05, 0.1) is 4.90 Å². The third-order valence-corrected chi connectivity index (χ3v) is 2.54. The Kier molecular flexibility index (Phi) is 6.48. The second-order valence-corrected chi connectivity index (χ2v) is 4.94. The van der Waals surface area contributed by atoms with Crippen molar-refractivity contribution in [1.82, 2.24) is 0 Å². The number of thioether (sulfide) groups is 1. The molecule has 0 unspecified atom stereocenters. The number of hydrogen-bond acceptors (Lipinski definition) is 1. The molecule has 6 heteroatoms. The average Bonchev–Trinajstić information content (AvgIpc) is 2.01. The van der Waals surface area contributed by atoms with Gasteiger partial charge in [0.2, 0.25) is 0 Å². The van der Waals surface area contributed by atoms with Gasteiger partial charge in [-0.25, -0.2) is 4.57 Å². The van der Waals surface area contributed by atoms with Crippen LogP contribution in [-0.4, -0.2) is 12.5 Å². The second kappa shape index (κ2) is 6.77. The highest BCUT2D eigenvalue weighted by atomic mass is 32.2. The minimum Gasteiger partial charge on any atom is -1.00 e. The SMILES string of the molecule is CC(C)Sc1ccc[n+](CB(F)F)c1.[F-]. The van der Waals surface area contributed by atoms with Crippen LogP contribution in [0.3, 0.4) is 0 Å². The van der Waals surface area contributed by atoms with Crippen molar-refractivity contribution in [1.29, 1.82) is 0 Å². The summed E-state index contributed by atoms with van der Waals surface area (Å²) in [6.07, 6.45) is 3.19. The van der Waals surface area contributed by atoms with Gasteiger partial charge in [0.1, 0.15) is 0 Å². The Hall–Kier alpha value is -0.645. The van der Waals surface area contributed by atoms with E-state index in [4.69, 9.17) is 0 Å². The summed E-state index contributed by atoms with van der Waals surface area (Å²) in [5.41, 5.74) is 0. The van der Waals surface area contributed by atoms with E-state index in [0.29, 0.717) is 5.25 Å². The standard InChI is InChI=1S/C9H13BF2NS.FH/c1-8(2)14-9-4-3-5-13(6-9)7-10(11)12;/h3-6,8H,7H2,1-2H3;1H/q+1;/p-1. The Morgan fingerprint density at radius 3 is 2.67 bits per heavy atom. The Labute approximate surface area is 92.4 Å². The molecular formula is C9H13BF3NS. The normalized spacial score (nSPS) is 9.93. The highest BCUT2D eigenvalue weighted by molar-refractivity contribution is 7.99. The summed E-state index contributed by atoms with van der Waals surface area (Å²) in [5, 5.41) is 0.470. The Bertz CT molecular complexity index is 271. The summed E-state index contributed by atoms with van der Waals surface area (Å²) in [6, 6.07) is 3.74. The van der Waals surface area contributed by atoms with E-state index in [-0.39, 0.29) is 11.1 Å². The lowest BCUT2D eigenvalue weighted by molar-refractivity contribution is -0.683. The van der Waals surface area contributed by atoms with Crippen LogP contribution < -0.4 is 9.27 Å². The zero-order valence-corrected chi connectivity index (χ0v) is 9.48. The first kappa shape index (κ1) is 14.4. The van der Waals surface area contributed by atoms with E-state index < -0.39 is 7.27 Å². The summed E-state index contributed by atoms with van der Waals surface area (Å²) >= 11 is 1.67. The summed E-state index contributed by atoms with van der Waals surface area (Å²) in [5.74, 6) is 0. The van der Waals surface area contributed by atoms with E-state index in [0.717, 1.165) is 4.90 Å². The van der Waals surface area contributed by atoms with Crippen LogP contribution in [0.25, 0.3) is 0 Å². The molecule has 0 spiro atoms. The van der Waals surface area contributed by atoms with Crippen molar-refractivity contribution in [2.24, 2.45) is 0 Å². The minimum atomic E-state index is -2.29. The van der Waals surface area contributed by atoms with Crippen molar-refractivity contribution in [3.05, 3.63) is 24.5 Å². The summed E-state index contributed by atoms with van der Waals surface area (Å²) in [4.78, 5) is 1.03. The van der Waals surface area contributed by atoms with Crippen LogP contribution in [0.5, 0.6) is 0 Å². The maximum Gasteiger partial charge on any atom is 0.604 e. The van der Waals surface area contributed by atoms with Crippen LogP contribution in [0.15, 0.2) is 29.4 Å². The molecule has 0 aliphatic carbocycles. The van der Waals surface area contributed by atoms with Gasteiger partial charge in [0.15, 0.2) is 18.8 Å². The largest absolute Gasteiger partial charge is 1.00 e. The highest BCUT2D eigenvalue weighted by Crippen LogP contribution is 2.20. The van der Waals surface area contributed by atoms with Crippen molar-refractivity contribution in [2.75, 3.05) is 0 Å². The summed E-state index contributed by atoms with van der Waals surface area (Å²) in [6.45, 7) is 4.16. The number of nitrogens with zero attached hydrogens (tertiary/aromatic N) is 1. The Morgan fingerprint density at radius 1 is 1.47 bits per heavy atom. The Morgan fingerprint density at radius 2 is 2.13 bits per heavy atom. The van der Waals surface area contributed by atoms with Gasteiger partial charge < -0.3 is 4.70 Å². The molecule has 0 N–H and O–H groups in total. The van der Waals surface area contributed by atoms with E-state index in [1.807, 2.05) is 6.07 Å². The lowest BCUT2D eigenvalue weighted by Gasteiger charge is -2.02. The van der Waals surface area contributed by atoms with Gasteiger partial charge in [-0.05, 0) is 6.07 Å². The quantitative estimate of drug-likeness (QED) is 0.384. The second-order valence-electron chi connectivity index (χ2n) is 3.29. The molecule has 1 heterocycles. The maximum absolute atomic E-state index is 12.1. The molecule has 0 bridgehead atoms.